The van der Waals surface area contributed by atoms with Gasteiger partial charge in [-0.15, -0.1) is 0 Å². The van der Waals surface area contributed by atoms with Crippen LogP contribution in [0.5, 0.6) is 0 Å². The Hall–Kier alpha value is -1.56. The molecule has 0 spiro atoms. The molecule has 0 saturated heterocycles. The summed E-state index contributed by atoms with van der Waals surface area (Å²) in [5.74, 6) is -1.39. The Bertz CT molecular complexity index is 432. The Kier molecular flexibility index (Phi) is 3.31. The minimum Gasteiger partial charge on any atom is -0.478 e. The van der Waals surface area contributed by atoms with Gasteiger partial charge in [0.2, 0.25) is 5.91 Å². The molecule has 0 radical (unpaired) electrons. The van der Waals surface area contributed by atoms with E-state index in [-0.39, 0.29) is 11.5 Å². The van der Waals surface area contributed by atoms with E-state index in [1.54, 1.807) is 0 Å². The molecule has 1 aromatic rings. The lowest BCUT2D eigenvalue weighted by molar-refractivity contribution is -0.114. The first-order chi connectivity index (χ1) is 6.91. The second kappa shape index (κ2) is 4.31. The lowest BCUT2D eigenvalue weighted by atomic mass is 10.1. The normalized spacial score (nSPS) is 9.73. The molecule has 0 aromatic heterocycles. The van der Waals surface area contributed by atoms with Crippen LogP contribution in [0.3, 0.4) is 0 Å². The number of hydrogen-bond acceptors (Lipinski definition) is 3. The zero-order valence-corrected chi connectivity index (χ0v) is 9.46. The van der Waals surface area contributed by atoms with Crippen molar-refractivity contribution >= 4 is 39.2 Å². The molecule has 1 rings (SSSR count). The van der Waals surface area contributed by atoms with Crippen molar-refractivity contribution in [1.82, 2.24) is 0 Å². The zero-order valence-electron chi connectivity index (χ0n) is 7.87. The Balaban J connectivity index is 3.23. The number of carbonyl (C=O) groups is 2. The van der Waals surface area contributed by atoms with Gasteiger partial charge in [0.1, 0.15) is 0 Å². The van der Waals surface area contributed by atoms with Crippen molar-refractivity contribution in [2.45, 2.75) is 6.92 Å². The fraction of sp³-hybridized carbons (Fsp3) is 0.111. The van der Waals surface area contributed by atoms with Crippen LogP contribution >= 0.6 is 15.9 Å². The molecule has 0 aliphatic rings. The molecule has 0 heterocycles. The highest BCUT2D eigenvalue weighted by Gasteiger charge is 2.12. The average molecular weight is 273 g/mol. The molecule has 15 heavy (non-hydrogen) atoms. The second-order valence-corrected chi connectivity index (χ2v) is 3.76. The quantitative estimate of drug-likeness (QED) is 0.715. The van der Waals surface area contributed by atoms with E-state index in [4.69, 9.17) is 10.8 Å². The number of amides is 1. The van der Waals surface area contributed by atoms with Crippen molar-refractivity contribution in [3.63, 3.8) is 0 Å². The summed E-state index contributed by atoms with van der Waals surface area (Å²) in [4.78, 5) is 21.6. The molecule has 0 atom stereocenters. The van der Waals surface area contributed by atoms with Crippen LogP contribution < -0.4 is 11.1 Å². The minimum atomic E-state index is -1.09. The van der Waals surface area contributed by atoms with Gasteiger partial charge in [-0.3, -0.25) is 4.79 Å². The van der Waals surface area contributed by atoms with Crippen molar-refractivity contribution in [2.75, 3.05) is 11.1 Å². The standard InChI is InChI=1S/C9H9BrN2O3/c1-4(13)12-8-2-5(9(14)15)6(10)3-7(8)11/h2-3H,11H2,1H3,(H,12,13)(H,14,15). The highest BCUT2D eigenvalue weighted by atomic mass is 79.9. The first-order valence-corrected chi connectivity index (χ1v) is 4.81. The van der Waals surface area contributed by atoms with Gasteiger partial charge in [0, 0.05) is 11.4 Å². The lowest BCUT2D eigenvalue weighted by Crippen LogP contribution is -2.10. The molecule has 6 heteroatoms. The third-order valence-electron chi connectivity index (χ3n) is 1.68. The lowest BCUT2D eigenvalue weighted by Gasteiger charge is -2.08. The number of aromatic carboxylic acids is 1. The summed E-state index contributed by atoms with van der Waals surface area (Å²) in [6.45, 7) is 1.32. The van der Waals surface area contributed by atoms with Crippen molar-refractivity contribution in [2.24, 2.45) is 0 Å². The van der Waals surface area contributed by atoms with E-state index < -0.39 is 5.97 Å². The van der Waals surface area contributed by atoms with E-state index in [1.165, 1.54) is 19.1 Å². The van der Waals surface area contributed by atoms with Crippen LogP contribution in [0.4, 0.5) is 11.4 Å². The van der Waals surface area contributed by atoms with Crippen LogP contribution in [-0.2, 0) is 4.79 Å². The van der Waals surface area contributed by atoms with E-state index in [9.17, 15) is 9.59 Å². The number of benzene rings is 1. The van der Waals surface area contributed by atoms with E-state index in [0.29, 0.717) is 15.8 Å². The summed E-state index contributed by atoms with van der Waals surface area (Å²) in [5, 5.41) is 11.3. The highest BCUT2D eigenvalue weighted by molar-refractivity contribution is 9.10. The summed E-state index contributed by atoms with van der Waals surface area (Å²) in [6.07, 6.45) is 0. The van der Waals surface area contributed by atoms with E-state index in [0.717, 1.165) is 0 Å². The van der Waals surface area contributed by atoms with Gasteiger partial charge in [-0.25, -0.2) is 4.79 Å². The number of carboxylic acids is 1. The first-order valence-electron chi connectivity index (χ1n) is 4.01. The molecule has 0 unspecified atom stereocenters. The maximum atomic E-state index is 10.8. The summed E-state index contributed by atoms with van der Waals surface area (Å²) < 4.78 is 0.376. The smallest absolute Gasteiger partial charge is 0.336 e. The molecule has 4 N–H and O–H groups in total. The van der Waals surface area contributed by atoms with Crippen molar-refractivity contribution in [3.8, 4) is 0 Å². The van der Waals surface area contributed by atoms with Crippen LogP contribution in [0.1, 0.15) is 17.3 Å². The fourth-order valence-corrected chi connectivity index (χ4v) is 1.58. The molecule has 0 fully saturated rings. The number of rotatable bonds is 2. The fourth-order valence-electron chi connectivity index (χ4n) is 1.05. The third kappa shape index (κ3) is 2.69. The first kappa shape index (κ1) is 11.5. The van der Waals surface area contributed by atoms with Crippen LogP contribution in [0, 0.1) is 0 Å². The summed E-state index contributed by atoms with van der Waals surface area (Å²) in [7, 11) is 0. The number of halogens is 1. The molecule has 0 saturated carbocycles. The average Bonchev–Trinajstić information content (AvgIpc) is 2.08. The van der Waals surface area contributed by atoms with Gasteiger partial charge in [-0.05, 0) is 28.1 Å². The maximum absolute atomic E-state index is 10.8. The summed E-state index contributed by atoms with van der Waals surface area (Å²) in [6, 6.07) is 2.75. The molecule has 1 amide bonds. The second-order valence-electron chi connectivity index (χ2n) is 2.91. The Morgan fingerprint density at radius 3 is 2.53 bits per heavy atom. The number of anilines is 2. The number of nitrogens with two attached hydrogens (primary N) is 1. The Morgan fingerprint density at radius 1 is 1.47 bits per heavy atom. The molecule has 0 bridgehead atoms. The maximum Gasteiger partial charge on any atom is 0.336 e. The molecule has 0 aliphatic heterocycles. The van der Waals surface area contributed by atoms with Gasteiger partial charge in [0.15, 0.2) is 0 Å². The van der Waals surface area contributed by atoms with Crippen molar-refractivity contribution in [1.29, 1.82) is 0 Å². The molecular formula is C9H9BrN2O3. The number of carboxylic acid groups (broad SMARTS) is 1. The number of carbonyl (C=O) groups excluding carboxylic acids is 1. The summed E-state index contributed by atoms with van der Waals surface area (Å²) in [5.41, 5.74) is 6.25. The molecular weight excluding hydrogens is 264 g/mol. The van der Waals surface area contributed by atoms with E-state index in [1.807, 2.05) is 0 Å². The largest absolute Gasteiger partial charge is 0.478 e. The highest BCUT2D eigenvalue weighted by Crippen LogP contribution is 2.27. The van der Waals surface area contributed by atoms with Crippen molar-refractivity contribution in [3.05, 3.63) is 22.2 Å². The van der Waals surface area contributed by atoms with Crippen LogP contribution in [0.15, 0.2) is 16.6 Å². The van der Waals surface area contributed by atoms with Crippen LogP contribution in [-0.4, -0.2) is 17.0 Å². The number of hydrogen-bond donors (Lipinski definition) is 3. The number of nitrogen functional groups attached to an aromatic ring is 1. The topological polar surface area (TPSA) is 92.4 Å². The Labute approximate surface area is 94.4 Å². The van der Waals surface area contributed by atoms with Gasteiger partial charge < -0.3 is 16.2 Å². The Morgan fingerprint density at radius 2 is 2.07 bits per heavy atom. The molecule has 80 valence electrons. The summed E-state index contributed by atoms with van der Waals surface area (Å²) >= 11 is 3.07. The van der Waals surface area contributed by atoms with Gasteiger partial charge >= 0.3 is 5.97 Å². The van der Waals surface area contributed by atoms with Gasteiger partial charge in [0.05, 0.1) is 16.9 Å². The molecule has 0 aliphatic carbocycles. The zero-order chi connectivity index (χ0) is 11.6. The van der Waals surface area contributed by atoms with Gasteiger partial charge in [0.25, 0.3) is 0 Å². The van der Waals surface area contributed by atoms with E-state index in [2.05, 4.69) is 21.2 Å². The monoisotopic (exact) mass is 272 g/mol. The minimum absolute atomic E-state index is 0.0490. The third-order valence-corrected chi connectivity index (χ3v) is 2.34. The van der Waals surface area contributed by atoms with Crippen molar-refractivity contribution < 1.29 is 14.7 Å². The van der Waals surface area contributed by atoms with Crippen LogP contribution in [0.25, 0.3) is 0 Å². The SMILES string of the molecule is CC(=O)Nc1cc(C(=O)O)c(Br)cc1N. The van der Waals surface area contributed by atoms with Crippen LogP contribution in [0.2, 0.25) is 0 Å². The predicted molar refractivity (Wildman–Crippen MR) is 59.8 cm³/mol. The number of nitrogens with one attached hydrogen (secondary N) is 1. The van der Waals surface area contributed by atoms with Gasteiger partial charge in [-0.2, -0.15) is 0 Å². The van der Waals surface area contributed by atoms with Gasteiger partial charge in [-0.1, -0.05) is 0 Å². The van der Waals surface area contributed by atoms with E-state index >= 15 is 0 Å². The predicted octanol–water partition coefficient (Wildman–Crippen LogP) is 1.69. The molecule has 5 nitrogen and oxygen atoms in total. The molecule has 1 aromatic carbocycles.